The maximum Gasteiger partial charge on any atom is 0.416 e. The molecule has 3 rings (SSSR count). The molecule has 0 aliphatic carbocycles. The van der Waals surface area contributed by atoms with Gasteiger partial charge in [0.15, 0.2) is 0 Å². The van der Waals surface area contributed by atoms with Gasteiger partial charge in [0.05, 0.1) is 12.0 Å². The topological polar surface area (TPSA) is 98.3 Å². The van der Waals surface area contributed by atoms with Crippen molar-refractivity contribution < 1.29 is 32.3 Å². The number of halogens is 5. The molecule has 0 saturated heterocycles. The molecular formula is C32H41ClF4N4O3S. The van der Waals surface area contributed by atoms with Crippen LogP contribution in [0, 0.1) is 30.2 Å². The van der Waals surface area contributed by atoms with Gasteiger partial charge >= 0.3 is 12.1 Å². The Hall–Kier alpha value is -3.35. The molecule has 13 heteroatoms. The molecule has 3 N–H and O–H groups in total. The number of aromatic nitrogens is 2. The minimum Gasteiger partial charge on any atom is -0.481 e. The van der Waals surface area contributed by atoms with Gasteiger partial charge in [-0.1, -0.05) is 37.7 Å². The number of aromatic amines is 1. The lowest BCUT2D eigenvalue weighted by Gasteiger charge is -2.14. The molecule has 7 nitrogen and oxygen atoms in total. The van der Waals surface area contributed by atoms with Crippen molar-refractivity contribution >= 4 is 35.7 Å². The van der Waals surface area contributed by atoms with Crippen molar-refractivity contribution in [2.24, 2.45) is 5.92 Å². The Labute approximate surface area is 272 Å². The number of nitrogens with one attached hydrogen (secondary N) is 2. The van der Waals surface area contributed by atoms with Crippen LogP contribution in [0.2, 0.25) is 5.15 Å². The molecule has 0 aliphatic rings. The number of aliphatic carboxylic acids is 1. The van der Waals surface area contributed by atoms with E-state index in [0.717, 1.165) is 34.7 Å². The molecule has 0 saturated carbocycles. The highest BCUT2D eigenvalue weighted by atomic mass is 35.5. The van der Waals surface area contributed by atoms with Crippen LogP contribution in [-0.2, 0) is 22.2 Å². The van der Waals surface area contributed by atoms with Crippen LogP contribution in [0.25, 0.3) is 11.1 Å². The van der Waals surface area contributed by atoms with E-state index in [4.69, 9.17) is 28.9 Å². The number of likely N-dealkylation sites (N-methyl/N-ethyl adjacent to an activating group) is 1. The van der Waals surface area contributed by atoms with E-state index in [1.807, 2.05) is 52.8 Å². The molecule has 0 unspecified atom stereocenters. The summed E-state index contributed by atoms with van der Waals surface area (Å²) in [7, 11) is 3.64. The summed E-state index contributed by atoms with van der Waals surface area (Å²) in [6.07, 6.45) is 0.316. The molecular weight excluding hydrogens is 632 g/mol. The number of amides is 1. The number of benzene rings is 1. The summed E-state index contributed by atoms with van der Waals surface area (Å²) in [5.41, 5.74) is 3.40. The molecule has 248 valence electrons. The second-order valence-corrected chi connectivity index (χ2v) is 11.8. The average Bonchev–Trinajstić information content (AvgIpc) is 2.91. The highest BCUT2D eigenvalue weighted by Crippen LogP contribution is 2.32. The second kappa shape index (κ2) is 19.2. The Bertz CT molecular complexity index is 1440. The van der Waals surface area contributed by atoms with Gasteiger partial charge < -0.3 is 20.3 Å². The first kappa shape index (κ1) is 39.7. The number of carboxylic acids is 1. The molecule has 45 heavy (non-hydrogen) atoms. The number of alkyl halides is 3. The van der Waals surface area contributed by atoms with Crippen molar-refractivity contribution in [2.45, 2.75) is 59.6 Å². The summed E-state index contributed by atoms with van der Waals surface area (Å²) in [5.74, 6) is -0.650. The Morgan fingerprint density at radius 1 is 1.11 bits per heavy atom. The second-order valence-electron chi connectivity index (χ2n) is 11.0. The van der Waals surface area contributed by atoms with E-state index < -0.39 is 17.7 Å². The van der Waals surface area contributed by atoms with E-state index in [1.54, 1.807) is 12.3 Å². The average molecular weight is 673 g/mol. The Balaban J connectivity index is 0.000000340. The predicted octanol–water partition coefficient (Wildman–Crippen LogP) is 8.04. The van der Waals surface area contributed by atoms with E-state index in [9.17, 15) is 27.2 Å². The highest BCUT2D eigenvalue weighted by molar-refractivity contribution is 7.71. The van der Waals surface area contributed by atoms with Crippen molar-refractivity contribution in [3.05, 3.63) is 80.6 Å². The molecule has 0 radical (unpaired) electrons. The van der Waals surface area contributed by atoms with Crippen molar-refractivity contribution in [1.29, 1.82) is 0 Å². The maximum atomic E-state index is 13.2. The molecule has 1 amide bonds. The Morgan fingerprint density at radius 2 is 1.73 bits per heavy atom. The van der Waals surface area contributed by atoms with E-state index >= 15 is 0 Å². The van der Waals surface area contributed by atoms with Crippen molar-refractivity contribution in [3.8, 4) is 11.1 Å². The van der Waals surface area contributed by atoms with Gasteiger partial charge in [-0.25, -0.2) is 9.37 Å². The monoisotopic (exact) mass is 672 g/mol. The lowest BCUT2D eigenvalue weighted by molar-refractivity contribution is -0.138. The van der Waals surface area contributed by atoms with Crippen LogP contribution in [0.1, 0.15) is 55.4 Å². The first-order valence-corrected chi connectivity index (χ1v) is 15.0. The van der Waals surface area contributed by atoms with Crippen LogP contribution in [0.15, 0.2) is 42.7 Å². The third-order valence-corrected chi connectivity index (χ3v) is 6.71. The molecule has 0 fully saturated rings. The van der Waals surface area contributed by atoms with Crippen LogP contribution in [0.3, 0.4) is 0 Å². The van der Waals surface area contributed by atoms with Crippen LogP contribution in [-0.4, -0.2) is 59.0 Å². The normalized spacial score (nSPS) is 11.0. The van der Waals surface area contributed by atoms with Crippen LogP contribution in [0.5, 0.6) is 0 Å². The SMILES string of the molecule is CC(C)CCC(=O)NCCC(=O)O.CN(C)CCc1c[nH]c(=S)cc1C(F)(F)F.Cc1cc(F)cc(C)c1-c1ccnc(Cl)c1. The van der Waals surface area contributed by atoms with E-state index in [0.29, 0.717) is 30.5 Å². The van der Waals surface area contributed by atoms with Crippen LogP contribution >= 0.6 is 23.8 Å². The van der Waals surface area contributed by atoms with Crippen LogP contribution in [0.4, 0.5) is 17.6 Å². The fourth-order valence-electron chi connectivity index (χ4n) is 4.06. The number of carboxylic acid groups (broad SMARTS) is 1. The smallest absolute Gasteiger partial charge is 0.416 e. The number of nitrogens with zero attached hydrogens (tertiary/aromatic N) is 2. The molecule has 3 aromatic rings. The third kappa shape index (κ3) is 16.0. The first-order valence-electron chi connectivity index (χ1n) is 14.2. The molecule has 1 aromatic carbocycles. The van der Waals surface area contributed by atoms with Gasteiger partial charge in [-0.15, -0.1) is 0 Å². The maximum absolute atomic E-state index is 13.2. The lowest BCUT2D eigenvalue weighted by Crippen LogP contribution is -2.25. The van der Waals surface area contributed by atoms with Gasteiger partial charge in [0, 0.05) is 31.9 Å². The Morgan fingerprint density at radius 3 is 2.24 bits per heavy atom. The molecule has 0 aliphatic heterocycles. The zero-order valence-corrected chi connectivity index (χ0v) is 27.9. The van der Waals surface area contributed by atoms with Crippen molar-refractivity contribution in [3.63, 3.8) is 0 Å². The number of rotatable bonds is 10. The number of carbonyl (C=O) groups is 2. The lowest BCUT2D eigenvalue weighted by atomic mass is 9.96. The number of carbonyl (C=O) groups excluding carboxylic acids is 1. The fourth-order valence-corrected chi connectivity index (χ4v) is 4.41. The van der Waals surface area contributed by atoms with E-state index in [-0.39, 0.29) is 34.9 Å². The van der Waals surface area contributed by atoms with Crippen LogP contribution < -0.4 is 5.32 Å². The highest BCUT2D eigenvalue weighted by Gasteiger charge is 2.33. The summed E-state index contributed by atoms with van der Waals surface area (Å²) in [4.78, 5) is 29.5. The van der Waals surface area contributed by atoms with Gasteiger partial charge in [0.1, 0.15) is 15.6 Å². The number of pyridine rings is 2. The number of hydrogen-bond donors (Lipinski definition) is 3. The zero-order chi connectivity index (χ0) is 34.3. The quantitative estimate of drug-likeness (QED) is 0.115. The summed E-state index contributed by atoms with van der Waals surface area (Å²) in [6.45, 7) is 8.66. The number of H-pyrrole nitrogens is 1. The zero-order valence-electron chi connectivity index (χ0n) is 26.3. The minimum atomic E-state index is -4.34. The summed E-state index contributed by atoms with van der Waals surface area (Å²) < 4.78 is 51.3. The van der Waals surface area contributed by atoms with Gasteiger partial charge in [-0.3, -0.25) is 9.59 Å². The summed E-state index contributed by atoms with van der Waals surface area (Å²) >= 11 is 10.5. The van der Waals surface area contributed by atoms with Gasteiger partial charge in [0.25, 0.3) is 0 Å². The Kier molecular flexibility index (Phi) is 17.0. The summed E-state index contributed by atoms with van der Waals surface area (Å²) in [6, 6.07) is 7.68. The fraction of sp³-hybridized carbons (Fsp3) is 0.438. The molecule has 2 aromatic heterocycles. The number of aryl methyl sites for hydroxylation is 2. The van der Waals surface area contributed by atoms with Gasteiger partial charge in [0.2, 0.25) is 5.91 Å². The standard InChI is InChI=1S/C13H11ClFN.C10H13F3N2S.C9H17NO3/c1-8-5-11(15)6-9(2)13(8)10-3-4-16-12(14)7-10;1-15(2)4-3-7-6-14-9(16)5-8(7)10(11,12)13;1-7(2)3-4-8(11)10-6-5-9(12)13/h3-7H,1-2H3;5-6H,3-4H2,1-2H3,(H,14,16);7H,3-6H2,1-2H3,(H,10,11)(H,12,13). The van der Waals surface area contributed by atoms with Crippen molar-refractivity contribution in [2.75, 3.05) is 27.2 Å². The van der Waals surface area contributed by atoms with Crippen molar-refractivity contribution in [1.82, 2.24) is 20.2 Å². The predicted molar refractivity (Wildman–Crippen MR) is 172 cm³/mol. The molecule has 0 bridgehead atoms. The molecule has 2 heterocycles. The first-order chi connectivity index (χ1) is 20.9. The largest absolute Gasteiger partial charge is 0.481 e. The van der Waals surface area contributed by atoms with Gasteiger partial charge in [-0.05, 0) is 105 Å². The number of hydrogen-bond acceptors (Lipinski definition) is 5. The van der Waals surface area contributed by atoms with E-state index in [1.165, 1.54) is 18.3 Å². The molecule has 0 atom stereocenters. The molecule has 0 spiro atoms. The minimum absolute atomic E-state index is 0.00653. The van der Waals surface area contributed by atoms with Gasteiger partial charge in [-0.2, -0.15) is 13.2 Å². The summed E-state index contributed by atoms with van der Waals surface area (Å²) in [5, 5.41) is 11.3. The van der Waals surface area contributed by atoms with E-state index in [2.05, 4.69) is 15.3 Å². The third-order valence-electron chi connectivity index (χ3n) is 6.27.